The minimum atomic E-state index is -1.05. The van der Waals surface area contributed by atoms with Gasteiger partial charge in [-0.15, -0.1) is 0 Å². The molecule has 1 amide bonds. The molecule has 27 heavy (non-hydrogen) atoms. The molecule has 0 aliphatic heterocycles. The zero-order valence-electron chi connectivity index (χ0n) is 14.8. The van der Waals surface area contributed by atoms with E-state index < -0.39 is 5.97 Å². The van der Waals surface area contributed by atoms with Gasteiger partial charge in [0.2, 0.25) is 0 Å². The molecule has 0 radical (unpaired) electrons. The summed E-state index contributed by atoms with van der Waals surface area (Å²) in [6, 6.07) is 12.2. The molecule has 0 saturated heterocycles. The van der Waals surface area contributed by atoms with Gasteiger partial charge in [-0.1, -0.05) is 43.6 Å². The lowest BCUT2D eigenvalue weighted by molar-refractivity contribution is -0.131. The Balaban J connectivity index is 2.05. The number of carbonyl (C=O) groups is 2. The van der Waals surface area contributed by atoms with Crippen molar-refractivity contribution in [2.75, 3.05) is 5.32 Å². The van der Waals surface area contributed by atoms with Crippen molar-refractivity contribution in [3.8, 4) is 0 Å². The highest BCUT2D eigenvalue weighted by Gasteiger charge is 2.10. The van der Waals surface area contributed by atoms with Gasteiger partial charge >= 0.3 is 5.97 Å². The number of halogens is 1. The van der Waals surface area contributed by atoms with Crippen LogP contribution in [0.1, 0.15) is 41.3 Å². The van der Waals surface area contributed by atoms with Gasteiger partial charge in [0.1, 0.15) is 0 Å². The van der Waals surface area contributed by atoms with Gasteiger partial charge in [-0.2, -0.15) is 0 Å². The number of hydrogen-bond acceptors (Lipinski definition) is 3. The molecule has 0 aliphatic rings. The Morgan fingerprint density at radius 2 is 1.81 bits per heavy atom. The second-order valence-corrected chi connectivity index (χ2v) is 6.91. The van der Waals surface area contributed by atoms with Crippen LogP contribution in [-0.4, -0.2) is 22.1 Å². The van der Waals surface area contributed by atoms with Crippen LogP contribution in [0.3, 0.4) is 0 Å². The number of amides is 1. The summed E-state index contributed by atoms with van der Waals surface area (Å²) in [6.45, 7) is 4.16. The van der Waals surface area contributed by atoms with Crippen LogP contribution in [0, 0.1) is 0 Å². The van der Waals surface area contributed by atoms with E-state index in [4.69, 9.17) is 28.9 Å². The first kappa shape index (κ1) is 20.6. The predicted molar refractivity (Wildman–Crippen MR) is 112 cm³/mol. The Labute approximate surface area is 168 Å². The molecule has 0 spiro atoms. The summed E-state index contributed by atoms with van der Waals surface area (Å²) in [7, 11) is 0. The van der Waals surface area contributed by atoms with Crippen LogP contribution in [-0.2, 0) is 4.79 Å². The largest absolute Gasteiger partial charge is 0.478 e. The third kappa shape index (κ3) is 6.20. The second kappa shape index (κ2) is 9.30. The molecule has 5 nitrogen and oxygen atoms in total. The molecule has 2 rings (SSSR count). The average Bonchev–Trinajstić information content (AvgIpc) is 2.62. The van der Waals surface area contributed by atoms with Crippen LogP contribution >= 0.6 is 23.8 Å². The number of rotatable bonds is 5. The fourth-order valence-corrected chi connectivity index (χ4v) is 2.63. The molecule has 0 saturated carbocycles. The normalized spacial score (nSPS) is 10.8. The van der Waals surface area contributed by atoms with Gasteiger partial charge < -0.3 is 10.4 Å². The fraction of sp³-hybridized carbons (Fsp3) is 0.150. The van der Waals surface area contributed by atoms with Crippen molar-refractivity contribution in [2.24, 2.45) is 0 Å². The molecule has 0 bridgehead atoms. The molecule has 0 fully saturated rings. The highest BCUT2D eigenvalue weighted by atomic mass is 35.5. The monoisotopic (exact) mass is 402 g/mol. The topological polar surface area (TPSA) is 78.4 Å². The maximum Gasteiger partial charge on any atom is 0.328 e. The summed E-state index contributed by atoms with van der Waals surface area (Å²) < 4.78 is 0. The van der Waals surface area contributed by atoms with Crippen LogP contribution in [0.25, 0.3) is 6.08 Å². The third-order valence-corrected chi connectivity index (χ3v) is 4.26. The zero-order valence-corrected chi connectivity index (χ0v) is 16.4. The summed E-state index contributed by atoms with van der Waals surface area (Å²) >= 11 is 11.3. The highest BCUT2D eigenvalue weighted by Crippen LogP contribution is 2.23. The zero-order chi connectivity index (χ0) is 20.0. The van der Waals surface area contributed by atoms with E-state index in [1.54, 1.807) is 30.3 Å². The van der Waals surface area contributed by atoms with Gasteiger partial charge in [-0.3, -0.25) is 10.1 Å². The molecule has 0 aromatic heterocycles. The molecule has 7 heteroatoms. The molecule has 2 aromatic carbocycles. The van der Waals surface area contributed by atoms with Crippen LogP contribution in [0.2, 0.25) is 5.02 Å². The first-order valence-corrected chi connectivity index (χ1v) is 8.97. The Hall–Kier alpha value is -2.70. The summed E-state index contributed by atoms with van der Waals surface area (Å²) in [5.41, 5.74) is 2.73. The number of thiocarbonyl (C=S) groups is 1. The molecule has 0 atom stereocenters. The van der Waals surface area contributed by atoms with E-state index >= 15 is 0 Å². The molecular weight excluding hydrogens is 384 g/mol. The van der Waals surface area contributed by atoms with Crippen molar-refractivity contribution in [1.29, 1.82) is 0 Å². The standard InChI is InChI=1S/C20H19ClN2O3S/c1-12(2)14-5-7-15(8-6-14)19(26)23-20(27)22-17-11-13(3-9-16(17)21)4-10-18(24)25/h3-12H,1-2H3,(H,24,25)(H2,22,23,26,27)/b10-4+. The molecule has 140 valence electrons. The first-order chi connectivity index (χ1) is 12.8. The van der Waals surface area contributed by atoms with E-state index in [0.717, 1.165) is 11.6 Å². The number of aliphatic carboxylic acids is 1. The lowest BCUT2D eigenvalue weighted by Crippen LogP contribution is -2.34. The number of hydrogen-bond donors (Lipinski definition) is 3. The Morgan fingerprint density at radius 1 is 1.15 bits per heavy atom. The molecule has 0 aliphatic carbocycles. The lowest BCUT2D eigenvalue weighted by atomic mass is 10.0. The van der Waals surface area contributed by atoms with E-state index in [1.807, 2.05) is 12.1 Å². The SMILES string of the molecule is CC(C)c1ccc(C(=O)NC(=S)Nc2cc(/C=C/C(=O)O)ccc2Cl)cc1. The molecule has 0 unspecified atom stereocenters. The Bertz CT molecular complexity index is 893. The molecule has 3 N–H and O–H groups in total. The molecular formula is C20H19ClN2O3S. The third-order valence-electron chi connectivity index (χ3n) is 3.72. The number of carbonyl (C=O) groups excluding carboxylic acids is 1. The summed E-state index contributed by atoms with van der Waals surface area (Å²) in [6.07, 6.45) is 2.45. The van der Waals surface area contributed by atoms with Crippen molar-refractivity contribution >= 4 is 52.6 Å². The Morgan fingerprint density at radius 3 is 2.41 bits per heavy atom. The Kier molecular flexibility index (Phi) is 7.10. The van der Waals surface area contributed by atoms with E-state index in [9.17, 15) is 9.59 Å². The number of anilines is 1. The maximum atomic E-state index is 12.3. The van der Waals surface area contributed by atoms with Gasteiger partial charge in [0.25, 0.3) is 5.91 Å². The van der Waals surface area contributed by atoms with Gasteiger partial charge in [0.15, 0.2) is 5.11 Å². The number of nitrogens with one attached hydrogen (secondary N) is 2. The minimum absolute atomic E-state index is 0.0919. The predicted octanol–water partition coefficient (Wildman–Crippen LogP) is 4.69. The van der Waals surface area contributed by atoms with Crippen molar-refractivity contribution in [3.63, 3.8) is 0 Å². The number of carboxylic acids is 1. The van der Waals surface area contributed by atoms with Gasteiger partial charge in [-0.05, 0) is 59.6 Å². The number of benzene rings is 2. The van der Waals surface area contributed by atoms with Crippen molar-refractivity contribution < 1.29 is 14.7 Å². The molecule has 2 aromatic rings. The van der Waals surface area contributed by atoms with E-state index in [1.165, 1.54) is 6.08 Å². The van der Waals surface area contributed by atoms with Crippen molar-refractivity contribution in [1.82, 2.24) is 5.32 Å². The summed E-state index contributed by atoms with van der Waals surface area (Å²) in [5.74, 6) is -0.999. The van der Waals surface area contributed by atoms with E-state index in [2.05, 4.69) is 24.5 Å². The fourth-order valence-electron chi connectivity index (χ4n) is 2.26. The van der Waals surface area contributed by atoms with Gasteiger partial charge in [0.05, 0.1) is 10.7 Å². The smallest absolute Gasteiger partial charge is 0.328 e. The van der Waals surface area contributed by atoms with Crippen LogP contribution in [0.15, 0.2) is 48.5 Å². The van der Waals surface area contributed by atoms with Crippen molar-refractivity contribution in [3.05, 3.63) is 70.3 Å². The van der Waals surface area contributed by atoms with Crippen LogP contribution in [0.4, 0.5) is 5.69 Å². The average molecular weight is 403 g/mol. The summed E-state index contributed by atoms with van der Waals surface area (Å²) in [5, 5.41) is 14.6. The quantitative estimate of drug-likeness (QED) is 0.499. The maximum absolute atomic E-state index is 12.3. The van der Waals surface area contributed by atoms with Crippen LogP contribution in [0.5, 0.6) is 0 Å². The second-order valence-electron chi connectivity index (χ2n) is 6.10. The number of carboxylic acid groups (broad SMARTS) is 1. The summed E-state index contributed by atoms with van der Waals surface area (Å²) in [4.78, 5) is 22.9. The van der Waals surface area contributed by atoms with E-state index in [0.29, 0.717) is 27.8 Å². The van der Waals surface area contributed by atoms with Gasteiger partial charge in [-0.25, -0.2) is 4.79 Å². The lowest BCUT2D eigenvalue weighted by Gasteiger charge is -2.12. The van der Waals surface area contributed by atoms with Crippen LogP contribution < -0.4 is 10.6 Å². The van der Waals surface area contributed by atoms with Gasteiger partial charge in [0, 0.05) is 11.6 Å². The first-order valence-electron chi connectivity index (χ1n) is 8.19. The highest BCUT2D eigenvalue weighted by molar-refractivity contribution is 7.80. The van der Waals surface area contributed by atoms with Crippen molar-refractivity contribution in [2.45, 2.75) is 19.8 Å². The molecule has 0 heterocycles. The minimum Gasteiger partial charge on any atom is -0.478 e. The van der Waals surface area contributed by atoms with E-state index in [-0.39, 0.29) is 11.0 Å².